The van der Waals surface area contributed by atoms with Gasteiger partial charge in [0, 0.05) is 25.4 Å². The summed E-state index contributed by atoms with van der Waals surface area (Å²) >= 11 is 0. The van der Waals surface area contributed by atoms with Gasteiger partial charge in [0.05, 0.1) is 55.4 Å². The van der Waals surface area contributed by atoms with E-state index >= 15 is 0 Å². The van der Waals surface area contributed by atoms with Crippen molar-refractivity contribution in [2.75, 3.05) is 30.0 Å². The minimum Gasteiger partial charge on any atom is -0.495 e. The molecule has 5 rings (SSSR count). The molecule has 0 saturated carbocycles. The van der Waals surface area contributed by atoms with Crippen molar-refractivity contribution in [1.29, 1.82) is 0 Å². The number of hydrogen-bond acceptors (Lipinski definition) is 7. The first-order valence-electron chi connectivity index (χ1n) is 9.20. The van der Waals surface area contributed by atoms with Gasteiger partial charge in [0.15, 0.2) is 5.82 Å². The molecule has 0 spiro atoms. The van der Waals surface area contributed by atoms with Gasteiger partial charge in [0.25, 0.3) is 5.91 Å². The zero-order chi connectivity index (χ0) is 19.1. The van der Waals surface area contributed by atoms with Gasteiger partial charge in [-0.2, -0.15) is 5.10 Å². The lowest BCUT2D eigenvalue weighted by atomic mass is 10.3. The molecule has 3 aromatic heterocycles. The summed E-state index contributed by atoms with van der Waals surface area (Å²) in [5, 5.41) is 4.54. The van der Waals surface area contributed by atoms with Gasteiger partial charge in [-0.15, -0.1) is 0 Å². The van der Waals surface area contributed by atoms with Crippen molar-refractivity contribution in [2.45, 2.75) is 19.4 Å². The molecule has 1 fully saturated rings. The van der Waals surface area contributed by atoms with Gasteiger partial charge in [0.1, 0.15) is 11.6 Å². The molecule has 2 aliphatic heterocycles. The average Bonchev–Trinajstić information content (AvgIpc) is 3.46. The van der Waals surface area contributed by atoms with Crippen molar-refractivity contribution in [3.8, 4) is 11.6 Å². The van der Waals surface area contributed by atoms with Gasteiger partial charge in [-0.3, -0.25) is 9.78 Å². The van der Waals surface area contributed by atoms with E-state index in [9.17, 15) is 4.79 Å². The monoisotopic (exact) mass is 377 g/mol. The number of amides is 1. The highest BCUT2D eigenvalue weighted by Crippen LogP contribution is 2.29. The van der Waals surface area contributed by atoms with Crippen molar-refractivity contribution >= 4 is 17.4 Å². The number of aromatic nitrogens is 5. The van der Waals surface area contributed by atoms with Crippen LogP contribution >= 0.6 is 0 Å². The Kier molecular flexibility index (Phi) is 3.92. The first-order chi connectivity index (χ1) is 13.7. The fourth-order valence-corrected chi connectivity index (χ4v) is 3.61. The second kappa shape index (κ2) is 6.59. The number of nitrogens with zero attached hydrogens (tertiary/aromatic N) is 7. The predicted molar refractivity (Wildman–Crippen MR) is 102 cm³/mol. The quantitative estimate of drug-likeness (QED) is 0.685. The van der Waals surface area contributed by atoms with Crippen LogP contribution in [0.15, 0.2) is 37.1 Å². The largest absolute Gasteiger partial charge is 0.495 e. The molecule has 5 heterocycles. The van der Waals surface area contributed by atoms with Crippen molar-refractivity contribution in [2.24, 2.45) is 0 Å². The second-order valence-electron chi connectivity index (χ2n) is 6.84. The molecule has 3 aromatic rings. The summed E-state index contributed by atoms with van der Waals surface area (Å²) in [6, 6.07) is 1.79. The standard InChI is InChI=1S/C19H19N7O2/c1-28-14-6-13(7-20-8-14)25-12-16-15(19(25)27)11-26(23-16)18-10-21-17(9-22-18)24-4-2-3-5-24/h6-11H,2-5,12H2,1H3. The lowest BCUT2D eigenvalue weighted by Gasteiger charge is -2.16. The summed E-state index contributed by atoms with van der Waals surface area (Å²) in [6.07, 6.45) is 10.8. The molecule has 0 bridgehead atoms. The Morgan fingerprint density at radius 2 is 1.82 bits per heavy atom. The van der Waals surface area contributed by atoms with E-state index < -0.39 is 0 Å². The van der Waals surface area contributed by atoms with Crippen LogP contribution in [-0.4, -0.2) is 50.8 Å². The molecule has 142 valence electrons. The summed E-state index contributed by atoms with van der Waals surface area (Å²) in [7, 11) is 1.57. The summed E-state index contributed by atoms with van der Waals surface area (Å²) in [5.74, 6) is 1.97. The van der Waals surface area contributed by atoms with Crippen molar-refractivity contribution in [3.63, 3.8) is 0 Å². The summed E-state index contributed by atoms with van der Waals surface area (Å²) in [5.41, 5.74) is 1.95. The van der Waals surface area contributed by atoms with E-state index in [0.29, 0.717) is 35.1 Å². The Hall–Kier alpha value is -3.49. The smallest absolute Gasteiger partial charge is 0.262 e. The number of pyridine rings is 1. The minimum absolute atomic E-state index is 0.113. The van der Waals surface area contributed by atoms with Crippen molar-refractivity contribution in [1.82, 2.24) is 24.7 Å². The van der Waals surface area contributed by atoms with E-state index in [1.54, 1.807) is 53.7 Å². The van der Waals surface area contributed by atoms with E-state index in [-0.39, 0.29) is 5.91 Å². The maximum Gasteiger partial charge on any atom is 0.262 e. The van der Waals surface area contributed by atoms with Crippen LogP contribution in [0, 0.1) is 0 Å². The fourth-order valence-electron chi connectivity index (χ4n) is 3.61. The van der Waals surface area contributed by atoms with Crippen molar-refractivity contribution < 1.29 is 9.53 Å². The SMILES string of the molecule is COc1cncc(N2Cc3nn(-c4cnc(N5CCCC5)cn4)cc3C2=O)c1. The number of carbonyl (C=O) groups excluding carboxylic acids is 1. The first-order valence-corrected chi connectivity index (χ1v) is 9.20. The average molecular weight is 377 g/mol. The van der Waals surface area contributed by atoms with E-state index in [2.05, 4.69) is 25.0 Å². The second-order valence-corrected chi connectivity index (χ2v) is 6.84. The van der Waals surface area contributed by atoms with Crippen LogP contribution in [0.3, 0.4) is 0 Å². The third-order valence-electron chi connectivity index (χ3n) is 5.11. The highest BCUT2D eigenvalue weighted by molar-refractivity contribution is 6.09. The minimum atomic E-state index is -0.113. The van der Waals surface area contributed by atoms with Gasteiger partial charge in [0.2, 0.25) is 0 Å². The van der Waals surface area contributed by atoms with Crippen LogP contribution in [0.4, 0.5) is 11.5 Å². The van der Waals surface area contributed by atoms with Crippen LogP contribution in [0.25, 0.3) is 5.82 Å². The fraction of sp³-hybridized carbons (Fsp3) is 0.316. The van der Waals surface area contributed by atoms with E-state index in [0.717, 1.165) is 18.9 Å². The number of carbonyl (C=O) groups is 1. The Morgan fingerprint density at radius 1 is 1.04 bits per heavy atom. The van der Waals surface area contributed by atoms with E-state index in [4.69, 9.17) is 4.74 Å². The normalized spacial score (nSPS) is 16.0. The molecule has 1 amide bonds. The molecule has 28 heavy (non-hydrogen) atoms. The Labute approximate surface area is 161 Å². The number of ether oxygens (including phenoxy) is 1. The molecule has 1 saturated heterocycles. The lowest BCUT2D eigenvalue weighted by molar-refractivity contribution is 0.0996. The first kappa shape index (κ1) is 16.7. The van der Waals surface area contributed by atoms with Crippen LogP contribution in [0.2, 0.25) is 0 Å². The van der Waals surface area contributed by atoms with Crippen LogP contribution in [0.5, 0.6) is 5.75 Å². The number of hydrogen-bond donors (Lipinski definition) is 0. The van der Waals surface area contributed by atoms with Gasteiger partial charge in [-0.05, 0) is 12.8 Å². The van der Waals surface area contributed by atoms with Gasteiger partial charge in [-0.1, -0.05) is 0 Å². The Bertz CT molecular complexity index is 1030. The van der Waals surface area contributed by atoms with Crippen LogP contribution in [0.1, 0.15) is 28.9 Å². The number of rotatable bonds is 4. The highest BCUT2D eigenvalue weighted by Gasteiger charge is 2.32. The molecule has 0 aromatic carbocycles. The molecule has 0 radical (unpaired) electrons. The zero-order valence-corrected chi connectivity index (χ0v) is 15.4. The third-order valence-corrected chi connectivity index (χ3v) is 5.11. The van der Waals surface area contributed by atoms with E-state index in [1.807, 2.05) is 0 Å². The maximum atomic E-state index is 12.8. The summed E-state index contributed by atoms with van der Waals surface area (Å²) in [6.45, 7) is 2.43. The molecule has 9 heteroatoms. The highest BCUT2D eigenvalue weighted by atomic mass is 16.5. The lowest BCUT2D eigenvalue weighted by Crippen LogP contribution is -2.24. The predicted octanol–water partition coefficient (Wildman–Crippen LogP) is 1.83. The molecule has 0 atom stereocenters. The van der Waals surface area contributed by atoms with Gasteiger partial charge in [-0.25, -0.2) is 14.6 Å². The number of anilines is 2. The topological polar surface area (TPSA) is 89.3 Å². The molecule has 0 unspecified atom stereocenters. The third kappa shape index (κ3) is 2.75. The Morgan fingerprint density at radius 3 is 2.54 bits per heavy atom. The number of methoxy groups -OCH3 is 1. The molecular formula is C19H19N7O2. The molecular weight excluding hydrogens is 358 g/mol. The maximum absolute atomic E-state index is 12.8. The zero-order valence-electron chi connectivity index (χ0n) is 15.4. The molecule has 2 aliphatic rings. The van der Waals surface area contributed by atoms with Crippen LogP contribution in [-0.2, 0) is 6.54 Å². The van der Waals surface area contributed by atoms with Crippen LogP contribution < -0.4 is 14.5 Å². The van der Waals surface area contributed by atoms with Gasteiger partial charge < -0.3 is 14.5 Å². The molecule has 0 aliphatic carbocycles. The summed E-state index contributed by atoms with van der Waals surface area (Å²) in [4.78, 5) is 29.8. The summed E-state index contributed by atoms with van der Waals surface area (Å²) < 4.78 is 6.81. The molecule has 0 N–H and O–H groups in total. The van der Waals surface area contributed by atoms with E-state index in [1.165, 1.54) is 12.8 Å². The molecule has 9 nitrogen and oxygen atoms in total. The van der Waals surface area contributed by atoms with Crippen molar-refractivity contribution in [3.05, 3.63) is 48.3 Å². The number of fused-ring (bicyclic) bond motifs is 1. The van der Waals surface area contributed by atoms with Gasteiger partial charge >= 0.3 is 0 Å². The Balaban J connectivity index is 1.38.